The molecule has 0 aliphatic carbocycles. The predicted molar refractivity (Wildman–Crippen MR) is 132 cm³/mol. The first-order valence-corrected chi connectivity index (χ1v) is 11.9. The largest absolute Gasteiger partial charge is 0.455 e. The lowest BCUT2D eigenvalue weighted by molar-refractivity contribution is -0.156. The minimum absolute atomic E-state index is 0.0730. The molecule has 0 bridgehead atoms. The highest BCUT2D eigenvalue weighted by atomic mass is 35.5. The number of hydrogen-bond donors (Lipinski definition) is 1. The van der Waals surface area contributed by atoms with Crippen LogP contribution in [-0.2, 0) is 25.7 Å². The summed E-state index contributed by atoms with van der Waals surface area (Å²) in [4.78, 5) is 40.1. The summed E-state index contributed by atoms with van der Waals surface area (Å²) >= 11 is 5.91. The van der Waals surface area contributed by atoms with Crippen LogP contribution in [0.25, 0.3) is 0 Å². The number of amides is 2. The summed E-state index contributed by atoms with van der Waals surface area (Å²) < 4.78 is 5.80. The standard InChI is InChI=1S/C27H31ClN2O4/c1-19-26(21-9-5-3-6-10-21)34-25(32)12-8-4-7-11-22(27(33)30(19)2)17-24(31)29-18-20-13-15-23(28)16-14-20/h3-7,9-10,13-16,19,22,26H,8,11-12,17-18H2,1-2H3,(H,29,31)/b7-4+/t19-,22-,26-/m0/s1. The first kappa shape index (κ1) is 25.5. The Labute approximate surface area is 205 Å². The van der Waals surface area contributed by atoms with Crippen LogP contribution >= 0.6 is 11.6 Å². The molecule has 0 fully saturated rings. The second kappa shape index (κ2) is 12.4. The molecule has 0 radical (unpaired) electrons. The van der Waals surface area contributed by atoms with E-state index in [1.54, 1.807) is 24.1 Å². The maximum atomic E-state index is 13.4. The van der Waals surface area contributed by atoms with Crippen LogP contribution in [0.15, 0.2) is 66.7 Å². The zero-order chi connectivity index (χ0) is 24.5. The number of ether oxygens (including phenoxy) is 1. The highest BCUT2D eigenvalue weighted by molar-refractivity contribution is 6.30. The Morgan fingerprint density at radius 1 is 1.09 bits per heavy atom. The zero-order valence-electron chi connectivity index (χ0n) is 19.6. The lowest BCUT2D eigenvalue weighted by atomic mass is 9.95. The van der Waals surface area contributed by atoms with Gasteiger partial charge in [0.25, 0.3) is 0 Å². The molecule has 2 aromatic rings. The van der Waals surface area contributed by atoms with Gasteiger partial charge in [0.05, 0.1) is 12.0 Å². The molecule has 3 atom stereocenters. The van der Waals surface area contributed by atoms with Crippen molar-refractivity contribution in [2.45, 2.75) is 51.3 Å². The van der Waals surface area contributed by atoms with E-state index in [2.05, 4.69) is 5.32 Å². The molecular formula is C27H31ClN2O4. The molecule has 6 nitrogen and oxygen atoms in total. The Balaban J connectivity index is 1.74. The Morgan fingerprint density at radius 3 is 2.50 bits per heavy atom. The molecule has 3 rings (SSSR count). The van der Waals surface area contributed by atoms with Crippen LogP contribution in [-0.4, -0.2) is 35.8 Å². The van der Waals surface area contributed by atoms with Crippen molar-refractivity contribution >= 4 is 29.4 Å². The van der Waals surface area contributed by atoms with Crippen molar-refractivity contribution < 1.29 is 19.1 Å². The second-order valence-corrected chi connectivity index (χ2v) is 9.00. The maximum Gasteiger partial charge on any atom is 0.306 e. The fourth-order valence-corrected chi connectivity index (χ4v) is 4.06. The third kappa shape index (κ3) is 7.19. The monoisotopic (exact) mass is 482 g/mol. The third-order valence-corrected chi connectivity index (χ3v) is 6.32. The van der Waals surface area contributed by atoms with Gasteiger partial charge in [-0.15, -0.1) is 0 Å². The van der Waals surface area contributed by atoms with E-state index < -0.39 is 18.1 Å². The van der Waals surface area contributed by atoms with E-state index in [0.717, 1.165) is 11.1 Å². The molecule has 0 spiro atoms. The number of allylic oxidation sites excluding steroid dienone is 2. The number of hydrogen-bond acceptors (Lipinski definition) is 4. The number of rotatable bonds is 5. The summed E-state index contributed by atoms with van der Waals surface area (Å²) in [7, 11) is 1.70. The fourth-order valence-electron chi connectivity index (χ4n) is 3.93. The molecule has 0 saturated carbocycles. The summed E-state index contributed by atoms with van der Waals surface area (Å²) in [6.07, 6.45) is 4.43. The molecule has 2 amide bonds. The number of nitrogens with zero attached hydrogens (tertiary/aromatic N) is 1. The Kier molecular flexibility index (Phi) is 9.28. The van der Waals surface area contributed by atoms with E-state index >= 15 is 0 Å². The van der Waals surface area contributed by atoms with Gasteiger partial charge in [-0.3, -0.25) is 14.4 Å². The number of cyclic esters (lactones) is 1. The first-order valence-electron chi connectivity index (χ1n) is 11.5. The van der Waals surface area contributed by atoms with E-state index in [1.165, 1.54) is 0 Å². The Morgan fingerprint density at radius 2 is 1.79 bits per heavy atom. The van der Waals surface area contributed by atoms with Gasteiger partial charge in [-0.25, -0.2) is 0 Å². The molecule has 1 N–H and O–H groups in total. The fraction of sp³-hybridized carbons (Fsp3) is 0.370. The Hall–Kier alpha value is -3.12. The van der Waals surface area contributed by atoms with Gasteiger partial charge in [0.15, 0.2) is 0 Å². The van der Waals surface area contributed by atoms with E-state index in [0.29, 0.717) is 24.4 Å². The molecule has 1 aliphatic rings. The van der Waals surface area contributed by atoms with Crippen LogP contribution in [0, 0.1) is 5.92 Å². The lowest BCUT2D eigenvalue weighted by Gasteiger charge is -2.34. The quantitative estimate of drug-likeness (QED) is 0.489. The van der Waals surface area contributed by atoms with Crippen LogP contribution in [0.4, 0.5) is 0 Å². The first-order chi connectivity index (χ1) is 16.3. The smallest absolute Gasteiger partial charge is 0.306 e. The maximum absolute atomic E-state index is 13.4. The van der Waals surface area contributed by atoms with E-state index in [9.17, 15) is 14.4 Å². The van der Waals surface area contributed by atoms with Crippen molar-refractivity contribution in [1.29, 1.82) is 0 Å². The van der Waals surface area contributed by atoms with Crippen molar-refractivity contribution in [2.24, 2.45) is 5.92 Å². The van der Waals surface area contributed by atoms with Gasteiger partial charge >= 0.3 is 5.97 Å². The van der Waals surface area contributed by atoms with Crippen LogP contribution < -0.4 is 5.32 Å². The molecule has 0 saturated heterocycles. The van der Waals surface area contributed by atoms with Gasteiger partial charge in [-0.05, 0) is 43.0 Å². The van der Waals surface area contributed by atoms with Gasteiger partial charge in [-0.2, -0.15) is 0 Å². The SMILES string of the molecule is C[C@H]1[C@@H](c2ccccc2)OC(=O)CC/C=C/C[C@@H](CC(=O)NCc2ccc(Cl)cc2)C(=O)N1C. The number of esters is 1. The van der Waals surface area contributed by atoms with E-state index in [-0.39, 0.29) is 30.6 Å². The Bertz CT molecular complexity index is 1010. The average Bonchev–Trinajstić information content (AvgIpc) is 2.84. The number of likely N-dealkylation sites (N-methyl/N-ethyl adjacent to an activating group) is 1. The van der Waals surface area contributed by atoms with Crippen molar-refractivity contribution in [3.63, 3.8) is 0 Å². The minimum Gasteiger partial charge on any atom is -0.455 e. The molecule has 180 valence electrons. The number of benzene rings is 2. The van der Waals surface area contributed by atoms with Crippen molar-refractivity contribution in [2.75, 3.05) is 7.05 Å². The van der Waals surface area contributed by atoms with E-state index in [4.69, 9.17) is 16.3 Å². The molecule has 1 aliphatic heterocycles. The number of halogens is 1. The van der Waals surface area contributed by atoms with Gasteiger partial charge in [0.1, 0.15) is 6.10 Å². The van der Waals surface area contributed by atoms with Crippen LogP contribution in [0.1, 0.15) is 49.8 Å². The van der Waals surface area contributed by atoms with Crippen molar-refractivity contribution in [3.8, 4) is 0 Å². The molecular weight excluding hydrogens is 452 g/mol. The lowest BCUT2D eigenvalue weighted by Crippen LogP contribution is -2.44. The van der Waals surface area contributed by atoms with Crippen LogP contribution in [0.3, 0.4) is 0 Å². The van der Waals surface area contributed by atoms with E-state index in [1.807, 2.05) is 61.5 Å². The molecule has 0 unspecified atom stereocenters. The van der Waals surface area contributed by atoms with Gasteiger partial charge in [-0.1, -0.05) is 66.2 Å². The van der Waals surface area contributed by atoms with Crippen LogP contribution in [0.5, 0.6) is 0 Å². The molecule has 34 heavy (non-hydrogen) atoms. The minimum atomic E-state index is -0.592. The van der Waals surface area contributed by atoms with Gasteiger partial charge < -0.3 is 15.0 Å². The zero-order valence-corrected chi connectivity index (χ0v) is 20.3. The number of carbonyl (C=O) groups is 3. The number of carbonyl (C=O) groups excluding carboxylic acids is 3. The summed E-state index contributed by atoms with van der Waals surface area (Å²) in [5, 5.41) is 3.53. The number of nitrogens with one attached hydrogen (secondary N) is 1. The van der Waals surface area contributed by atoms with Crippen molar-refractivity contribution in [1.82, 2.24) is 10.2 Å². The molecule has 2 aromatic carbocycles. The molecule has 1 heterocycles. The summed E-state index contributed by atoms with van der Waals surface area (Å²) in [5.74, 6) is -1.16. The summed E-state index contributed by atoms with van der Waals surface area (Å²) in [6, 6.07) is 16.3. The van der Waals surface area contributed by atoms with Gasteiger partial charge in [0.2, 0.25) is 11.8 Å². The summed E-state index contributed by atoms with van der Waals surface area (Å²) in [6.45, 7) is 2.23. The normalized spacial score (nSPS) is 22.8. The highest BCUT2D eigenvalue weighted by Gasteiger charge is 2.33. The summed E-state index contributed by atoms with van der Waals surface area (Å²) in [5.41, 5.74) is 1.76. The molecule has 7 heteroatoms. The van der Waals surface area contributed by atoms with Crippen LogP contribution in [0.2, 0.25) is 5.02 Å². The average molecular weight is 483 g/mol. The molecule has 0 aromatic heterocycles. The topological polar surface area (TPSA) is 75.7 Å². The van der Waals surface area contributed by atoms with Crippen molar-refractivity contribution in [3.05, 3.63) is 82.9 Å². The third-order valence-electron chi connectivity index (χ3n) is 6.07. The predicted octanol–water partition coefficient (Wildman–Crippen LogP) is 4.83. The highest BCUT2D eigenvalue weighted by Crippen LogP contribution is 2.28. The van der Waals surface area contributed by atoms with Gasteiger partial charge in [0, 0.05) is 31.5 Å². The second-order valence-electron chi connectivity index (χ2n) is 8.56.